The maximum absolute atomic E-state index is 12.6. The summed E-state index contributed by atoms with van der Waals surface area (Å²) < 4.78 is 63.7. The third-order valence-electron chi connectivity index (χ3n) is 2.87. The lowest BCUT2D eigenvalue weighted by molar-refractivity contribution is -0.137. The summed E-state index contributed by atoms with van der Waals surface area (Å²) in [7, 11) is -3.84. The highest BCUT2D eigenvalue weighted by Crippen LogP contribution is 2.33. The van der Waals surface area contributed by atoms with E-state index in [0.29, 0.717) is 18.1 Å². The fourth-order valence-electron chi connectivity index (χ4n) is 1.93. The van der Waals surface area contributed by atoms with Crippen molar-refractivity contribution in [2.24, 2.45) is 5.92 Å². The predicted octanol–water partition coefficient (Wildman–Crippen LogP) is 2.18. The largest absolute Gasteiger partial charge is 0.416 e. The normalized spacial score (nSPS) is 23.2. The summed E-state index contributed by atoms with van der Waals surface area (Å²) in [4.78, 5) is -0.262. The van der Waals surface area contributed by atoms with Crippen LogP contribution in [0.3, 0.4) is 0 Å². The first-order valence-electron chi connectivity index (χ1n) is 5.40. The van der Waals surface area contributed by atoms with E-state index in [2.05, 4.69) is 4.72 Å². The molecule has 1 aliphatic rings. The van der Waals surface area contributed by atoms with Crippen LogP contribution in [0, 0.1) is 5.92 Å². The summed E-state index contributed by atoms with van der Waals surface area (Å²) >= 11 is 0. The van der Waals surface area contributed by atoms with Gasteiger partial charge in [0.25, 0.3) is 0 Å². The van der Waals surface area contributed by atoms with Crippen molar-refractivity contribution in [3.8, 4) is 0 Å². The molecule has 0 aliphatic carbocycles. The van der Waals surface area contributed by atoms with E-state index in [-0.39, 0.29) is 17.4 Å². The lowest BCUT2D eigenvalue weighted by Crippen LogP contribution is -2.26. The highest BCUT2D eigenvalue weighted by molar-refractivity contribution is 7.89. The summed E-state index contributed by atoms with van der Waals surface area (Å²) in [5.41, 5.74) is -0.512. The number of hydrogen-bond acceptors (Lipinski definition) is 2. The Morgan fingerprint density at radius 1 is 1.33 bits per heavy atom. The smallest absolute Gasteiger partial charge is 0.211 e. The zero-order valence-electron chi connectivity index (χ0n) is 9.58. The Hall–Kier alpha value is -1.08. The molecule has 0 aromatic heterocycles. The van der Waals surface area contributed by atoms with E-state index in [0.717, 1.165) is 6.07 Å². The topological polar surface area (TPSA) is 46.2 Å². The van der Waals surface area contributed by atoms with Gasteiger partial charge in [-0.3, -0.25) is 0 Å². The number of fused-ring (bicyclic) bond motifs is 1. The first-order chi connectivity index (χ1) is 8.20. The van der Waals surface area contributed by atoms with Gasteiger partial charge in [-0.2, -0.15) is 13.2 Å². The Morgan fingerprint density at radius 2 is 2.00 bits per heavy atom. The molecule has 1 aromatic rings. The quantitative estimate of drug-likeness (QED) is 0.791. The van der Waals surface area contributed by atoms with Gasteiger partial charge in [0.15, 0.2) is 0 Å². The molecule has 100 valence electrons. The zero-order chi connectivity index (χ0) is 13.6. The third kappa shape index (κ3) is 2.51. The molecule has 0 amide bonds. The van der Waals surface area contributed by atoms with Crippen molar-refractivity contribution in [1.29, 1.82) is 0 Å². The van der Waals surface area contributed by atoms with E-state index in [4.69, 9.17) is 0 Å². The molecule has 0 fully saturated rings. The fourth-order valence-corrected chi connectivity index (χ4v) is 3.37. The van der Waals surface area contributed by atoms with Crippen molar-refractivity contribution in [1.82, 2.24) is 4.72 Å². The molecule has 18 heavy (non-hydrogen) atoms. The van der Waals surface area contributed by atoms with Crippen LogP contribution >= 0.6 is 0 Å². The lowest BCUT2D eigenvalue weighted by atomic mass is 10.00. The molecular weight excluding hydrogens is 267 g/mol. The van der Waals surface area contributed by atoms with Crippen molar-refractivity contribution in [3.63, 3.8) is 0 Å². The van der Waals surface area contributed by atoms with Gasteiger partial charge in [-0.25, -0.2) is 13.1 Å². The lowest BCUT2D eigenvalue weighted by Gasteiger charge is -2.11. The Bertz CT molecular complexity index is 566. The van der Waals surface area contributed by atoms with Crippen LogP contribution < -0.4 is 4.72 Å². The van der Waals surface area contributed by atoms with E-state index < -0.39 is 21.8 Å². The van der Waals surface area contributed by atoms with E-state index in [1.807, 2.05) is 6.92 Å². The Kier molecular flexibility index (Phi) is 3.14. The van der Waals surface area contributed by atoms with Crippen LogP contribution in [0.4, 0.5) is 13.2 Å². The van der Waals surface area contributed by atoms with Gasteiger partial charge in [0.2, 0.25) is 10.0 Å². The van der Waals surface area contributed by atoms with Crippen LogP contribution in [0.2, 0.25) is 0 Å². The van der Waals surface area contributed by atoms with Crippen LogP contribution in [0.5, 0.6) is 0 Å². The highest BCUT2D eigenvalue weighted by Gasteiger charge is 2.33. The molecule has 7 heteroatoms. The van der Waals surface area contributed by atoms with Crippen molar-refractivity contribution < 1.29 is 21.6 Å². The van der Waals surface area contributed by atoms with Crippen LogP contribution in [-0.2, 0) is 22.6 Å². The highest BCUT2D eigenvalue weighted by atomic mass is 32.2. The molecule has 1 aliphatic heterocycles. The molecular formula is C11H12F3NO2S. The number of alkyl halides is 3. The summed E-state index contributed by atoms with van der Waals surface area (Å²) in [6.45, 7) is 2.08. The van der Waals surface area contributed by atoms with Crippen molar-refractivity contribution in [2.75, 3.05) is 6.54 Å². The number of hydrogen-bond donors (Lipinski definition) is 1. The van der Waals surface area contributed by atoms with Gasteiger partial charge >= 0.3 is 6.18 Å². The average Bonchev–Trinajstić information content (AvgIpc) is 2.35. The van der Waals surface area contributed by atoms with Gasteiger partial charge < -0.3 is 0 Å². The Balaban J connectivity index is 2.60. The van der Waals surface area contributed by atoms with Gasteiger partial charge in [-0.15, -0.1) is 0 Å². The first-order valence-corrected chi connectivity index (χ1v) is 6.88. The minimum absolute atomic E-state index is 0.0535. The molecule has 1 heterocycles. The number of nitrogens with one attached hydrogen (secondary N) is 1. The summed E-state index contributed by atoms with van der Waals surface area (Å²) in [6.07, 6.45) is -4.10. The molecule has 0 saturated heterocycles. The second-order valence-electron chi connectivity index (χ2n) is 4.48. The summed E-state index contributed by atoms with van der Waals surface area (Å²) in [5, 5.41) is 0. The predicted molar refractivity (Wildman–Crippen MR) is 59.5 cm³/mol. The molecule has 1 aromatic carbocycles. The summed E-state index contributed by atoms with van der Waals surface area (Å²) in [6, 6.07) is 2.88. The maximum atomic E-state index is 12.6. The minimum Gasteiger partial charge on any atom is -0.211 e. The van der Waals surface area contributed by atoms with E-state index in [1.165, 1.54) is 6.07 Å². The molecule has 3 nitrogen and oxygen atoms in total. The van der Waals surface area contributed by atoms with Crippen LogP contribution in [-0.4, -0.2) is 15.0 Å². The monoisotopic (exact) mass is 279 g/mol. The van der Waals surface area contributed by atoms with Gasteiger partial charge in [0.1, 0.15) is 0 Å². The third-order valence-corrected chi connectivity index (χ3v) is 4.38. The first kappa shape index (κ1) is 13.4. The van der Waals surface area contributed by atoms with Crippen molar-refractivity contribution >= 4 is 10.0 Å². The second-order valence-corrected chi connectivity index (χ2v) is 6.22. The van der Waals surface area contributed by atoms with E-state index in [1.54, 1.807) is 0 Å². The van der Waals surface area contributed by atoms with E-state index >= 15 is 0 Å². The van der Waals surface area contributed by atoms with Crippen LogP contribution in [0.15, 0.2) is 23.1 Å². The number of rotatable bonds is 0. The molecule has 0 saturated carbocycles. The molecule has 1 N–H and O–H groups in total. The average molecular weight is 279 g/mol. The number of sulfonamides is 1. The van der Waals surface area contributed by atoms with Gasteiger partial charge in [-0.1, -0.05) is 13.0 Å². The Morgan fingerprint density at radius 3 is 2.61 bits per heavy atom. The van der Waals surface area contributed by atoms with Crippen molar-refractivity contribution in [3.05, 3.63) is 29.3 Å². The zero-order valence-corrected chi connectivity index (χ0v) is 10.4. The minimum atomic E-state index is -4.54. The summed E-state index contributed by atoms with van der Waals surface area (Å²) in [5.74, 6) is 0.0535. The number of benzene rings is 1. The second kappa shape index (κ2) is 4.24. The molecule has 0 spiro atoms. The SMILES string of the molecule is C[C@H]1CNS(=O)(=O)c2cc(C(F)(F)F)ccc2C1. The molecule has 0 unspecified atom stereocenters. The molecule has 2 rings (SSSR count). The van der Waals surface area contributed by atoms with Crippen LogP contribution in [0.25, 0.3) is 0 Å². The molecule has 1 atom stereocenters. The van der Waals surface area contributed by atoms with Crippen LogP contribution in [0.1, 0.15) is 18.1 Å². The van der Waals surface area contributed by atoms with E-state index in [9.17, 15) is 21.6 Å². The fraction of sp³-hybridized carbons (Fsp3) is 0.455. The standard InChI is InChI=1S/C11H12F3NO2S/c1-7-4-8-2-3-9(11(12,13)14)5-10(8)18(16,17)15-6-7/h2-3,5,7,15H,4,6H2,1H3/t7-/m1/s1. The van der Waals surface area contributed by atoms with Crippen molar-refractivity contribution in [2.45, 2.75) is 24.4 Å². The molecule has 0 radical (unpaired) electrons. The van der Waals surface area contributed by atoms with Gasteiger partial charge in [0, 0.05) is 6.54 Å². The van der Waals surface area contributed by atoms with Gasteiger partial charge in [-0.05, 0) is 30.0 Å². The Labute approximate surface area is 103 Å². The van der Waals surface area contributed by atoms with Gasteiger partial charge in [0.05, 0.1) is 10.5 Å². The molecule has 0 bridgehead atoms. The maximum Gasteiger partial charge on any atom is 0.416 e. The number of halogens is 3.